The van der Waals surface area contributed by atoms with Crippen LogP contribution >= 0.6 is 22.6 Å². The summed E-state index contributed by atoms with van der Waals surface area (Å²) in [6.07, 6.45) is 1.66. The summed E-state index contributed by atoms with van der Waals surface area (Å²) in [6, 6.07) is 2.03. The first-order chi connectivity index (χ1) is 10.3. The number of hydrogen-bond donors (Lipinski definition) is 0. The van der Waals surface area contributed by atoms with Crippen LogP contribution in [0.4, 0.5) is 17.6 Å². The Morgan fingerprint density at radius 2 is 1.87 bits per heavy atom. The molecule has 0 N–H and O–H groups in total. The fourth-order valence-corrected chi connectivity index (χ4v) is 2.47. The van der Waals surface area contributed by atoms with Gasteiger partial charge in [0.15, 0.2) is 17.4 Å². The van der Waals surface area contributed by atoms with E-state index in [0.29, 0.717) is 9.28 Å². The largest absolute Gasteiger partial charge is 0.491 e. The van der Waals surface area contributed by atoms with E-state index in [4.69, 9.17) is 0 Å². The summed E-state index contributed by atoms with van der Waals surface area (Å²) in [4.78, 5) is 1.19. The second-order valence-corrected chi connectivity index (χ2v) is 5.57. The smallest absolute Gasteiger partial charge is 0.256 e. The Bertz CT molecular complexity index is 652. The molecule has 1 radical (unpaired) electrons. The molecule has 1 aliphatic heterocycles. The molecule has 0 fully saturated rings. The average molecular weight is 513 g/mol. The Morgan fingerprint density at radius 3 is 2.35 bits per heavy atom. The van der Waals surface area contributed by atoms with Gasteiger partial charge in [0.05, 0.1) is 13.7 Å². The number of allylic oxidation sites excluding steroid dienone is 3. The van der Waals surface area contributed by atoms with Gasteiger partial charge in [-0.25, -0.2) is 17.6 Å². The second-order valence-electron chi connectivity index (χ2n) is 4.41. The average Bonchev–Trinajstić information content (AvgIpc) is 2.43. The first kappa shape index (κ1) is 20.6. The first-order valence-corrected chi connectivity index (χ1v) is 7.20. The zero-order valence-electron chi connectivity index (χ0n) is 12.0. The Kier molecular flexibility index (Phi) is 7.74. The number of benzene rings is 1. The van der Waals surface area contributed by atoms with Gasteiger partial charge < -0.3 is 9.64 Å². The van der Waals surface area contributed by atoms with Crippen molar-refractivity contribution in [1.29, 1.82) is 0 Å². The molecule has 1 heterocycles. The molecule has 0 amide bonds. The fraction of sp³-hybridized carbons (Fsp3) is 0.200. The van der Waals surface area contributed by atoms with Crippen LogP contribution in [0.5, 0.6) is 5.75 Å². The number of hydrogen-bond acceptors (Lipinski definition) is 2. The van der Waals surface area contributed by atoms with Gasteiger partial charge in [-0.3, -0.25) is 0 Å². The second kappa shape index (κ2) is 8.62. The van der Waals surface area contributed by atoms with Crippen molar-refractivity contribution in [3.63, 3.8) is 0 Å². The summed E-state index contributed by atoms with van der Waals surface area (Å²) in [7, 11) is 1.14. The van der Waals surface area contributed by atoms with Crippen molar-refractivity contribution in [2.24, 2.45) is 0 Å². The molecule has 2 nitrogen and oxygen atoms in total. The molecule has 8 heteroatoms. The number of alkyl halides is 2. The van der Waals surface area contributed by atoms with Crippen LogP contribution in [0.1, 0.15) is 5.56 Å². The molecule has 121 valence electrons. The minimum Gasteiger partial charge on any atom is -0.491 e. The van der Waals surface area contributed by atoms with Gasteiger partial charge in [-0.2, -0.15) is 12.2 Å². The summed E-state index contributed by atoms with van der Waals surface area (Å²) in [5.41, 5.74) is 0.537. The predicted molar refractivity (Wildman–Crippen MR) is 83.5 cm³/mol. The van der Waals surface area contributed by atoms with E-state index >= 15 is 0 Å². The summed E-state index contributed by atoms with van der Waals surface area (Å²) in [5.74, 6) is -2.36. The van der Waals surface area contributed by atoms with Gasteiger partial charge in [0.2, 0.25) is 0 Å². The van der Waals surface area contributed by atoms with Gasteiger partial charge in [0.1, 0.15) is 0 Å². The molecular formula is C15H11F4INOY-. The van der Waals surface area contributed by atoms with Crippen LogP contribution in [0.3, 0.4) is 0 Å². The van der Waals surface area contributed by atoms with Gasteiger partial charge in [0.25, 0.3) is 6.43 Å². The number of halogens is 5. The van der Waals surface area contributed by atoms with Crippen molar-refractivity contribution in [3.8, 4) is 5.75 Å². The van der Waals surface area contributed by atoms with Gasteiger partial charge in [0, 0.05) is 32.7 Å². The van der Waals surface area contributed by atoms with Crippen LogP contribution in [0, 0.1) is 17.7 Å². The maximum atomic E-state index is 13.8. The van der Waals surface area contributed by atoms with Gasteiger partial charge in [-0.1, -0.05) is 33.6 Å². The molecule has 1 aliphatic rings. The maximum absolute atomic E-state index is 13.8. The molecule has 0 aromatic heterocycles. The quantitative estimate of drug-likeness (QED) is 0.334. The van der Waals surface area contributed by atoms with E-state index < -0.39 is 30.4 Å². The van der Waals surface area contributed by atoms with E-state index in [9.17, 15) is 17.6 Å². The van der Waals surface area contributed by atoms with Crippen molar-refractivity contribution in [3.05, 3.63) is 57.3 Å². The van der Waals surface area contributed by atoms with E-state index in [-0.39, 0.29) is 44.0 Å². The third kappa shape index (κ3) is 4.57. The molecule has 1 aromatic carbocycles. The predicted octanol–water partition coefficient (Wildman–Crippen LogP) is 4.53. The zero-order chi connectivity index (χ0) is 16.4. The molecule has 0 atom stereocenters. The zero-order valence-corrected chi connectivity index (χ0v) is 17.0. The van der Waals surface area contributed by atoms with Crippen LogP contribution in [-0.4, -0.2) is 25.0 Å². The molecular weight excluding hydrogens is 502 g/mol. The van der Waals surface area contributed by atoms with Crippen LogP contribution in [0.15, 0.2) is 34.1 Å². The molecule has 0 bridgehead atoms. The van der Waals surface area contributed by atoms with Gasteiger partial charge in [-0.05, 0) is 5.70 Å². The molecule has 0 saturated carbocycles. The normalized spacial score (nSPS) is 14.4. The van der Waals surface area contributed by atoms with Crippen LogP contribution in [0.2, 0.25) is 0 Å². The molecule has 0 aliphatic carbocycles. The Balaban J connectivity index is 0.00000264. The topological polar surface area (TPSA) is 12.5 Å². The number of rotatable bonds is 4. The van der Waals surface area contributed by atoms with Crippen molar-refractivity contribution in [1.82, 2.24) is 4.90 Å². The maximum Gasteiger partial charge on any atom is 0.256 e. The summed E-state index contributed by atoms with van der Waals surface area (Å²) in [6.45, 7) is 3.09. The van der Waals surface area contributed by atoms with Crippen molar-refractivity contribution in [2.75, 3.05) is 13.7 Å². The SMILES string of the molecule is C=C1C(I)=C[C-]=C(c2cc(F)c(OC)c(F)c2)N1CC(F)F.[Y]. The molecule has 0 spiro atoms. The minimum absolute atomic E-state index is 0. The summed E-state index contributed by atoms with van der Waals surface area (Å²) < 4.78 is 58.4. The van der Waals surface area contributed by atoms with Crippen molar-refractivity contribution >= 4 is 28.3 Å². The van der Waals surface area contributed by atoms with E-state index in [1.165, 1.54) is 11.0 Å². The Morgan fingerprint density at radius 1 is 1.30 bits per heavy atom. The molecule has 0 unspecified atom stereocenters. The minimum atomic E-state index is -2.64. The first-order valence-electron chi connectivity index (χ1n) is 6.12. The number of nitrogens with zero attached hydrogens (tertiary/aromatic N) is 1. The van der Waals surface area contributed by atoms with E-state index in [0.717, 1.165) is 19.2 Å². The number of methoxy groups -OCH3 is 1. The molecule has 2 rings (SSSR count). The monoisotopic (exact) mass is 513 g/mol. The van der Waals surface area contributed by atoms with E-state index in [1.54, 1.807) is 0 Å². The summed E-state index contributed by atoms with van der Waals surface area (Å²) in [5, 5.41) is 0. The van der Waals surface area contributed by atoms with E-state index in [1.807, 2.05) is 22.6 Å². The third-order valence-corrected chi connectivity index (χ3v) is 3.94. The number of ether oxygens (including phenoxy) is 1. The van der Waals surface area contributed by atoms with Crippen molar-refractivity contribution in [2.45, 2.75) is 6.43 Å². The standard InChI is InChI=1S/C15H11F4INO.Y/c1-8-12(20)3-4-13(21(8)7-14(18)19)9-5-10(16)15(22-2)11(17)6-9;/h3,5-6,14H,1,7H2,2H3;/q-1;. The molecule has 1 aromatic rings. The van der Waals surface area contributed by atoms with Crippen LogP contribution in [-0.2, 0) is 32.7 Å². The summed E-state index contributed by atoms with van der Waals surface area (Å²) >= 11 is 1.93. The van der Waals surface area contributed by atoms with E-state index in [2.05, 4.69) is 17.4 Å². The van der Waals surface area contributed by atoms with Crippen LogP contribution < -0.4 is 4.74 Å². The molecule has 0 saturated heterocycles. The fourth-order valence-electron chi connectivity index (χ4n) is 2.03. The van der Waals surface area contributed by atoms with Crippen molar-refractivity contribution < 1.29 is 55.0 Å². The molecule has 23 heavy (non-hydrogen) atoms. The van der Waals surface area contributed by atoms with Crippen LogP contribution in [0.25, 0.3) is 5.70 Å². The van der Waals surface area contributed by atoms with Gasteiger partial charge >= 0.3 is 0 Å². The third-order valence-electron chi connectivity index (χ3n) is 3.00. The van der Waals surface area contributed by atoms with Gasteiger partial charge in [-0.15, -0.1) is 22.6 Å². The Labute approximate surface area is 170 Å². The Hall–Kier alpha value is -0.406.